The van der Waals surface area contributed by atoms with Crippen LogP contribution in [-0.2, 0) is 6.42 Å². The number of Topliss-reactive ketones (excluding diaryl/α,β-unsaturated/α-hetero) is 1. The highest BCUT2D eigenvalue weighted by molar-refractivity contribution is 5.97. The third-order valence-corrected chi connectivity index (χ3v) is 3.42. The van der Waals surface area contributed by atoms with Gasteiger partial charge in [-0.15, -0.1) is 0 Å². The minimum atomic E-state index is 0.130. The van der Waals surface area contributed by atoms with Crippen molar-refractivity contribution in [3.63, 3.8) is 0 Å². The Labute approximate surface area is 120 Å². The first-order valence-corrected chi connectivity index (χ1v) is 6.86. The van der Waals surface area contributed by atoms with Gasteiger partial charge in [-0.1, -0.05) is 38.1 Å². The second-order valence-corrected chi connectivity index (χ2v) is 5.22. The Morgan fingerprint density at radius 3 is 2.10 bits per heavy atom. The zero-order chi connectivity index (χ0) is 14.5. The van der Waals surface area contributed by atoms with Crippen molar-refractivity contribution in [3.8, 4) is 5.75 Å². The Kier molecular flexibility index (Phi) is 4.57. The van der Waals surface area contributed by atoms with E-state index in [1.807, 2.05) is 36.4 Å². The summed E-state index contributed by atoms with van der Waals surface area (Å²) in [7, 11) is 1.62. The summed E-state index contributed by atoms with van der Waals surface area (Å²) in [5, 5.41) is 0. The summed E-state index contributed by atoms with van der Waals surface area (Å²) in [6.45, 7) is 4.33. The van der Waals surface area contributed by atoms with Crippen LogP contribution >= 0.6 is 0 Å². The Bertz CT molecular complexity index is 565. The number of rotatable bonds is 5. The van der Waals surface area contributed by atoms with Crippen LogP contribution in [0.25, 0.3) is 0 Å². The zero-order valence-corrected chi connectivity index (χ0v) is 12.2. The highest BCUT2D eigenvalue weighted by Crippen LogP contribution is 2.17. The highest BCUT2D eigenvalue weighted by atomic mass is 16.5. The lowest BCUT2D eigenvalue weighted by molar-refractivity contribution is 0.0993. The van der Waals surface area contributed by atoms with E-state index in [0.29, 0.717) is 12.3 Å². The molecule has 0 unspecified atom stereocenters. The molecule has 0 amide bonds. The molecule has 0 bridgehead atoms. The van der Waals surface area contributed by atoms with E-state index in [9.17, 15) is 4.79 Å². The Balaban J connectivity index is 2.06. The van der Waals surface area contributed by atoms with Gasteiger partial charge < -0.3 is 4.74 Å². The maximum absolute atomic E-state index is 12.2. The molecule has 0 saturated carbocycles. The third kappa shape index (κ3) is 3.47. The molecule has 2 heteroatoms. The summed E-state index contributed by atoms with van der Waals surface area (Å²) < 4.78 is 5.09. The van der Waals surface area contributed by atoms with Gasteiger partial charge in [0.1, 0.15) is 5.75 Å². The lowest BCUT2D eigenvalue weighted by Gasteiger charge is -2.07. The minimum Gasteiger partial charge on any atom is -0.497 e. The van der Waals surface area contributed by atoms with Crippen molar-refractivity contribution in [1.29, 1.82) is 0 Å². The molecule has 2 nitrogen and oxygen atoms in total. The van der Waals surface area contributed by atoms with Crippen molar-refractivity contribution >= 4 is 5.78 Å². The molecule has 104 valence electrons. The molecule has 0 heterocycles. The van der Waals surface area contributed by atoms with Gasteiger partial charge in [-0.05, 0) is 41.3 Å². The predicted molar refractivity (Wildman–Crippen MR) is 81.6 cm³/mol. The summed E-state index contributed by atoms with van der Waals surface area (Å²) in [5.74, 6) is 1.41. The second kappa shape index (κ2) is 6.38. The fourth-order valence-electron chi connectivity index (χ4n) is 2.08. The Morgan fingerprint density at radius 2 is 1.60 bits per heavy atom. The molecule has 0 aliphatic carbocycles. The van der Waals surface area contributed by atoms with Crippen LogP contribution in [0.5, 0.6) is 5.75 Å². The fourth-order valence-corrected chi connectivity index (χ4v) is 2.08. The van der Waals surface area contributed by atoms with Gasteiger partial charge >= 0.3 is 0 Å². The van der Waals surface area contributed by atoms with Gasteiger partial charge in [-0.2, -0.15) is 0 Å². The topological polar surface area (TPSA) is 26.3 Å². The van der Waals surface area contributed by atoms with Crippen molar-refractivity contribution in [2.75, 3.05) is 7.11 Å². The van der Waals surface area contributed by atoms with E-state index in [1.165, 1.54) is 5.56 Å². The molecular weight excluding hydrogens is 248 g/mol. The quantitative estimate of drug-likeness (QED) is 0.758. The van der Waals surface area contributed by atoms with Crippen LogP contribution in [0.15, 0.2) is 48.5 Å². The average Bonchev–Trinajstić information content (AvgIpc) is 2.48. The molecule has 0 saturated heterocycles. The zero-order valence-electron chi connectivity index (χ0n) is 12.2. The molecular formula is C18H20O2. The van der Waals surface area contributed by atoms with E-state index in [-0.39, 0.29) is 5.78 Å². The average molecular weight is 268 g/mol. The van der Waals surface area contributed by atoms with Gasteiger partial charge in [0.15, 0.2) is 5.78 Å². The minimum absolute atomic E-state index is 0.130. The van der Waals surface area contributed by atoms with Crippen LogP contribution in [0, 0.1) is 0 Å². The van der Waals surface area contributed by atoms with Crippen molar-refractivity contribution in [3.05, 3.63) is 65.2 Å². The molecule has 0 aromatic heterocycles. The molecule has 2 aromatic rings. The number of hydrogen-bond acceptors (Lipinski definition) is 2. The number of ketones is 1. The smallest absolute Gasteiger partial charge is 0.167 e. The number of hydrogen-bond donors (Lipinski definition) is 0. The van der Waals surface area contributed by atoms with Gasteiger partial charge in [-0.3, -0.25) is 4.79 Å². The van der Waals surface area contributed by atoms with Crippen LogP contribution in [0.2, 0.25) is 0 Å². The summed E-state index contributed by atoms with van der Waals surface area (Å²) in [4.78, 5) is 12.2. The Hall–Kier alpha value is -2.09. The van der Waals surface area contributed by atoms with Gasteiger partial charge in [-0.25, -0.2) is 0 Å². The second-order valence-electron chi connectivity index (χ2n) is 5.22. The van der Waals surface area contributed by atoms with Crippen LogP contribution < -0.4 is 4.74 Å². The molecule has 20 heavy (non-hydrogen) atoms. The molecule has 0 aliphatic heterocycles. The molecule has 0 atom stereocenters. The van der Waals surface area contributed by atoms with Gasteiger partial charge in [0.25, 0.3) is 0 Å². The monoisotopic (exact) mass is 268 g/mol. The first-order chi connectivity index (χ1) is 9.60. The first kappa shape index (κ1) is 14.3. The molecule has 2 rings (SSSR count). The van der Waals surface area contributed by atoms with Crippen LogP contribution in [0.4, 0.5) is 0 Å². The fraction of sp³-hybridized carbons (Fsp3) is 0.278. The van der Waals surface area contributed by atoms with E-state index in [2.05, 4.69) is 26.0 Å². The SMILES string of the molecule is COc1ccc(C(=O)Cc2ccc(C(C)C)cc2)cc1. The maximum Gasteiger partial charge on any atom is 0.167 e. The predicted octanol–water partition coefficient (Wildman–Crippen LogP) is 4.24. The number of ether oxygens (including phenoxy) is 1. The summed E-state index contributed by atoms with van der Waals surface area (Å²) >= 11 is 0. The molecule has 2 aromatic carbocycles. The van der Waals surface area contributed by atoms with Crippen LogP contribution in [0.3, 0.4) is 0 Å². The Morgan fingerprint density at radius 1 is 1.00 bits per heavy atom. The maximum atomic E-state index is 12.2. The molecule has 0 fully saturated rings. The largest absolute Gasteiger partial charge is 0.497 e. The van der Waals surface area contributed by atoms with Crippen LogP contribution in [-0.4, -0.2) is 12.9 Å². The standard InChI is InChI=1S/C18H20O2/c1-13(2)15-6-4-14(5-7-15)12-18(19)16-8-10-17(20-3)11-9-16/h4-11,13H,12H2,1-3H3. The molecule has 0 N–H and O–H groups in total. The third-order valence-electron chi connectivity index (χ3n) is 3.42. The van der Waals surface area contributed by atoms with E-state index in [4.69, 9.17) is 4.74 Å². The lowest BCUT2D eigenvalue weighted by Crippen LogP contribution is -2.03. The summed E-state index contributed by atoms with van der Waals surface area (Å²) in [6, 6.07) is 15.5. The van der Waals surface area contributed by atoms with Crippen molar-refractivity contribution < 1.29 is 9.53 Å². The van der Waals surface area contributed by atoms with Crippen LogP contribution in [0.1, 0.15) is 41.3 Å². The van der Waals surface area contributed by atoms with Crippen molar-refractivity contribution in [2.24, 2.45) is 0 Å². The van der Waals surface area contributed by atoms with Crippen molar-refractivity contribution in [1.82, 2.24) is 0 Å². The van der Waals surface area contributed by atoms with Gasteiger partial charge in [0.05, 0.1) is 7.11 Å². The molecule has 0 spiro atoms. The highest BCUT2D eigenvalue weighted by Gasteiger charge is 2.07. The number of methoxy groups -OCH3 is 1. The number of carbonyl (C=O) groups is 1. The number of benzene rings is 2. The summed E-state index contributed by atoms with van der Waals surface area (Å²) in [6.07, 6.45) is 0.435. The van der Waals surface area contributed by atoms with Crippen molar-refractivity contribution in [2.45, 2.75) is 26.2 Å². The van der Waals surface area contributed by atoms with E-state index in [1.54, 1.807) is 7.11 Å². The summed E-state index contributed by atoms with van der Waals surface area (Å²) in [5.41, 5.74) is 3.07. The lowest BCUT2D eigenvalue weighted by atomic mass is 9.98. The number of carbonyl (C=O) groups excluding carboxylic acids is 1. The van der Waals surface area contributed by atoms with Gasteiger partial charge in [0, 0.05) is 12.0 Å². The first-order valence-electron chi connectivity index (χ1n) is 6.86. The molecule has 0 aliphatic rings. The molecule has 0 radical (unpaired) electrons. The van der Waals surface area contributed by atoms with Gasteiger partial charge in [0.2, 0.25) is 0 Å². The van der Waals surface area contributed by atoms with E-state index in [0.717, 1.165) is 16.9 Å². The normalized spacial score (nSPS) is 10.6. The van der Waals surface area contributed by atoms with E-state index >= 15 is 0 Å². The van der Waals surface area contributed by atoms with E-state index < -0.39 is 0 Å².